The van der Waals surface area contributed by atoms with Gasteiger partial charge in [-0.2, -0.15) is 0 Å². The molecule has 0 atom stereocenters. The molecular weight excluding hydrogens is 322 g/mol. The molecule has 2 heteroatoms. The Balaban J connectivity index is 3.23. The average Bonchev–Trinajstić information content (AvgIpc) is 2.45. The van der Waals surface area contributed by atoms with Crippen LogP contribution in [0.25, 0.3) is 0 Å². The van der Waals surface area contributed by atoms with Crippen molar-refractivity contribution in [3.8, 4) is 0 Å². The standard InChI is InChI=1S/C19H41BrN/c1-4-5-6-7-8-9-10-11-12-13-15-18-21(2,3)19-16-14-17-20/h4-19H2,1-3H3/q+1. The summed E-state index contributed by atoms with van der Waals surface area (Å²) in [5.74, 6) is 0. The molecule has 0 saturated carbocycles. The van der Waals surface area contributed by atoms with Gasteiger partial charge in [0.25, 0.3) is 0 Å². The van der Waals surface area contributed by atoms with E-state index in [1.807, 2.05) is 0 Å². The number of nitrogens with zero attached hydrogens (tertiary/aromatic N) is 1. The Morgan fingerprint density at radius 2 is 0.952 bits per heavy atom. The third-order valence-electron chi connectivity index (χ3n) is 4.51. The zero-order valence-corrected chi connectivity index (χ0v) is 16.7. The molecule has 0 aromatic rings. The minimum Gasteiger partial charge on any atom is -0.328 e. The molecule has 0 amide bonds. The van der Waals surface area contributed by atoms with Crippen LogP contribution in [0.5, 0.6) is 0 Å². The van der Waals surface area contributed by atoms with Crippen molar-refractivity contribution >= 4 is 15.9 Å². The number of alkyl halides is 1. The zero-order valence-electron chi connectivity index (χ0n) is 15.1. The Bertz CT molecular complexity index is 204. The molecule has 0 bridgehead atoms. The number of rotatable bonds is 16. The van der Waals surface area contributed by atoms with Crippen LogP contribution in [-0.4, -0.2) is 37.0 Å². The number of halogens is 1. The van der Waals surface area contributed by atoms with E-state index in [2.05, 4.69) is 36.9 Å². The molecule has 0 aromatic carbocycles. The van der Waals surface area contributed by atoms with Crippen LogP contribution in [-0.2, 0) is 0 Å². The summed E-state index contributed by atoms with van der Waals surface area (Å²) in [7, 11) is 4.79. The van der Waals surface area contributed by atoms with E-state index in [1.54, 1.807) is 0 Å². The fraction of sp³-hybridized carbons (Fsp3) is 1.00. The molecule has 0 spiro atoms. The average molecular weight is 363 g/mol. The van der Waals surface area contributed by atoms with Gasteiger partial charge in [-0.1, -0.05) is 80.6 Å². The summed E-state index contributed by atoms with van der Waals surface area (Å²) in [6.45, 7) is 4.99. The molecule has 0 aliphatic carbocycles. The molecule has 0 heterocycles. The smallest absolute Gasteiger partial charge is 0.0782 e. The highest BCUT2D eigenvalue weighted by molar-refractivity contribution is 9.09. The first-order valence-electron chi connectivity index (χ1n) is 9.50. The summed E-state index contributed by atoms with van der Waals surface area (Å²) in [6, 6.07) is 0. The first-order valence-corrected chi connectivity index (χ1v) is 10.6. The van der Waals surface area contributed by atoms with Crippen molar-refractivity contribution in [2.75, 3.05) is 32.5 Å². The van der Waals surface area contributed by atoms with E-state index in [9.17, 15) is 0 Å². The lowest BCUT2D eigenvalue weighted by molar-refractivity contribution is -0.890. The van der Waals surface area contributed by atoms with Crippen molar-refractivity contribution < 1.29 is 4.48 Å². The van der Waals surface area contributed by atoms with Crippen molar-refractivity contribution in [2.24, 2.45) is 0 Å². The molecule has 128 valence electrons. The first kappa shape index (κ1) is 21.4. The second-order valence-corrected chi connectivity index (χ2v) is 8.11. The van der Waals surface area contributed by atoms with Gasteiger partial charge in [-0.25, -0.2) is 0 Å². The van der Waals surface area contributed by atoms with Crippen molar-refractivity contribution in [3.05, 3.63) is 0 Å². The van der Waals surface area contributed by atoms with E-state index in [0.29, 0.717) is 0 Å². The van der Waals surface area contributed by atoms with Crippen LogP contribution in [0, 0.1) is 0 Å². The Morgan fingerprint density at radius 3 is 1.38 bits per heavy atom. The largest absolute Gasteiger partial charge is 0.328 e. The van der Waals surface area contributed by atoms with E-state index < -0.39 is 0 Å². The molecule has 0 radical (unpaired) electrons. The third-order valence-corrected chi connectivity index (χ3v) is 5.07. The topological polar surface area (TPSA) is 0 Å². The van der Waals surface area contributed by atoms with Crippen LogP contribution in [0.1, 0.15) is 90.4 Å². The molecule has 0 rings (SSSR count). The van der Waals surface area contributed by atoms with E-state index in [0.717, 1.165) is 5.33 Å². The molecule has 21 heavy (non-hydrogen) atoms. The first-order chi connectivity index (χ1) is 10.1. The van der Waals surface area contributed by atoms with Crippen molar-refractivity contribution in [1.82, 2.24) is 0 Å². The van der Waals surface area contributed by atoms with Gasteiger partial charge in [0.15, 0.2) is 0 Å². The van der Waals surface area contributed by atoms with Gasteiger partial charge < -0.3 is 4.48 Å². The van der Waals surface area contributed by atoms with Crippen LogP contribution in [0.4, 0.5) is 0 Å². The van der Waals surface area contributed by atoms with E-state index >= 15 is 0 Å². The zero-order chi connectivity index (χ0) is 15.8. The molecule has 0 saturated heterocycles. The second kappa shape index (κ2) is 15.3. The molecule has 0 aliphatic heterocycles. The highest BCUT2D eigenvalue weighted by Gasteiger charge is 2.13. The number of unbranched alkanes of at least 4 members (excludes halogenated alkanes) is 11. The predicted molar refractivity (Wildman–Crippen MR) is 101 cm³/mol. The Labute approximate surface area is 143 Å². The summed E-state index contributed by atoms with van der Waals surface area (Å²) in [5, 5.41) is 1.16. The Kier molecular flexibility index (Phi) is 15.7. The maximum atomic E-state index is 3.52. The van der Waals surface area contributed by atoms with Crippen molar-refractivity contribution in [2.45, 2.75) is 90.4 Å². The maximum absolute atomic E-state index is 3.52. The molecule has 0 fully saturated rings. The lowest BCUT2D eigenvalue weighted by Crippen LogP contribution is -2.41. The van der Waals surface area contributed by atoms with Gasteiger partial charge in [-0.15, -0.1) is 0 Å². The van der Waals surface area contributed by atoms with E-state index in [-0.39, 0.29) is 0 Å². The van der Waals surface area contributed by atoms with Crippen LogP contribution in [0.3, 0.4) is 0 Å². The van der Waals surface area contributed by atoms with Gasteiger partial charge in [-0.05, 0) is 25.7 Å². The van der Waals surface area contributed by atoms with Crippen LogP contribution >= 0.6 is 15.9 Å². The normalized spacial score (nSPS) is 12.0. The fourth-order valence-corrected chi connectivity index (χ4v) is 3.35. The van der Waals surface area contributed by atoms with Gasteiger partial charge in [0.05, 0.1) is 27.2 Å². The molecular formula is C19H41BrN+. The summed E-state index contributed by atoms with van der Waals surface area (Å²) in [6.07, 6.45) is 18.6. The van der Waals surface area contributed by atoms with Crippen LogP contribution in [0.2, 0.25) is 0 Å². The number of hydrogen-bond donors (Lipinski definition) is 0. The summed E-state index contributed by atoms with van der Waals surface area (Å²) in [5.41, 5.74) is 0. The number of hydrogen-bond acceptors (Lipinski definition) is 0. The Morgan fingerprint density at radius 1 is 0.571 bits per heavy atom. The lowest BCUT2D eigenvalue weighted by Gasteiger charge is -2.29. The van der Waals surface area contributed by atoms with E-state index in [1.165, 1.54) is 101 Å². The van der Waals surface area contributed by atoms with Gasteiger partial charge in [0.1, 0.15) is 0 Å². The van der Waals surface area contributed by atoms with E-state index in [4.69, 9.17) is 0 Å². The predicted octanol–water partition coefficient (Wildman–Crippen LogP) is 6.55. The molecule has 0 aromatic heterocycles. The van der Waals surface area contributed by atoms with Gasteiger partial charge >= 0.3 is 0 Å². The second-order valence-electron chi connectivity index (χ2n) is 7.31. The van der Waals surface area contributed by atoms with Gasteiger partial charge in [0, 0.05) is 5.33 Å². The SMILES string of the molecule is CCCCCCCCCCCCC[N+](C)(C)CCCCBr. The highest BCUT2D eigenvalue weighted by Crippen LogP contribution is 2.12. The fourth-order valence-electron chi connectivity index (χ4n) is 2.95. The van der Waals surface area contributed by atoms with Gasteiger partial charge in [0.2, 0.25) is 0 Å². The minimum absolute atomic E-state index is 1.16. The highest BCUT2D eigenvalue weighted by atomic mass is 79.9. The monoisotopic (exact) mass is 362 g/mol. The minimum atomic E-state index is 1.16. The van der Waals surface area contributed by atoms with Crippen LogP contribution in [0.15, 0.2) is 0 Å². The van der Waals surface area contributed by atoms with Gasteiger partial charge in [-0.3, -0.25) is 0 Å². The molecule has 1 nitrogen and oxygen atoms in total. The number of quaternary nitrogens is 1. The summed E-state index contributed by atoms with van der Waals surface area (Å²) >= 11 is 3.52. The summed E-state index contributed by atoms with van der Waals surface area (Å²) < 4.78 is 1.21. The molecule has 0 N–H and O–H groups in total. The summed E-state index contributed by atoms with van der Waals surface area (Å²) in [4.78, 5) is 0. The third kappa shape index (κ3) is 16.6. The van der Waals surface area contributed by atoms with Crippen molar-refractivity contribution in [1.29, 1.82) is 0 Å². The maximum Gasteiger partial charge on any atom is 0.0782 e. The lowest BCUT2D eigenvalue weighted by atomic mass is 10.1. The Hall–Kier alpha value is 0.440. The molecule has 0 aliphatic rings. The molecule has 0 unspecified atom stereocenters. The quantitative estimate of drug-likeness (QED) is 0.166. The van der Waals surface area contributed by atoms with Crippen LogP contribution < -0.4 is 0 Å². The van der Waals surface area contributed by atoms with Crippen molar-refractivity contribution in [3.63, 3.8) is 0 Å².